The molecule has 0 bridgehead atoms. The molecule has 0 aliphatic rings. The summed E-state index contributed by atoms with van der Waals surface area (Å²) in [6, 6.07) is 0. The average molecular weight is 288 g/mol. The fourth-order valence-corrected chi connectivity index (χ4v) is 2.60. The molecule has 0 aliphatic carbocycles. The minimum absolute atomic E-state index is 0.714. The number of imidazole rings is 1. The summed E-state index contributed by atoms with van der Waals surface area (Å²) in [5, 5.41) is 0.923. The van der Waals surface area contributed by atoms with Gasteiger partial charge in [0.05, 0.1) is 6.61 Å². The second kappa shape index (κ2) is 4.96. The zero-order valence-electron chi connectivity index (χ0n) is 8.18. The van der Waals surface area contributed by atoms with Gasteiger partial charge in [-0.25, -0.2) is 9.97 Å². The van der Waals surface area contributed by atoms with E-state index in [1.54, 1.807) is 25.1 Å². The first-order valence-corrected chi connectivity index (χ1v) is 6.20. The maximum Gasteiger partial charge on any atom is 0.169 e. The molecule has 0 saturated heterocycles. The van der Waals surface area contributed by atoms with Crippen molar-refractivity contribution < 1.29 is 4.74 Å². The highest BCUT2D eigenvalue weighted by atomic mass is 79.9. The Hall–Kier alpha value is -0.590. The molecule has 0 aromatic carbocycles. The van der Waals surface area contributed by atoms with Gasteiger partial charge in [-0.3, -0.25) is 0 Å². The van der Waals surface area contributed by atoms with E-state index < -0.39 is 0 Å². The van der Waals surface area contributed by atoms with E-state index in [4.69, 9.17) is 4.74 Å². The first-order valence-electron chi connectivity index (χ1n) is 4.42. The Balaban J connectivity index is 2.27. The van der Waals surface area contributed by atoms with Gasteiger partial charge in [0, 0.05) is 31.5 Å². The van der Waals surface area contributed by atoms with Crippen molar-refractivity contribution >= 4 is 33.3 Å². The second-order valence-electron chi connectivity index (χ2n) is 2.87. The molecule has 0 unspecified atom stereocenters. The van der Waals surface area contributed by atoms with Gasteiger partial charge in [-0.2, -0.15) is 0 Å². The van der Waals surface area contributed by atoms with Crippen molar-refractivity contribution in [3.63, 3.8) is 0 Å². The van der Waals surface area contributed by atoms with Crippen molar-refractivity contribution in [3.8, 4) is 0 Å². The quantitative estimate of drug-likeness (QED) is 0.639. The third-order valence-electron chi connectivity index (χ3n) is 1.84. The Morgan fingerprint density at radius 1 is 1.60 bits per heavy atom. The van der Waals surface area contributed by atoms with Crippen LogP contribution in [0.4, 0.5) is 0 Å². The smallest absolute Gasteiger partial charge is 0.169 e. The zero-order chi connectivity index (χ0) is 10.7. The summed E-state index contributed by atoms with van der Waals surface area (Å²) in [4.78, 5) is 8.64. The minimum Gasteiger partial charge on any atom is -0.384 e. The molecule has 2 heterocycles. The monoisotopic (exact) mass is 287 g/mol. The van der Waals surface area contributed by atoms with Crippen LogP contribution >= 0.6 is 27.7 Å². The van der Waals surface area contributed by atoms with Crippen molar-refractivity contribution in [2.75, 3.05) is 19.5 Å². The van der Waals surface area contributed by atoms with Gasteiger partial charge in [0.1, 0.15) is 9.63 Å². The summed E-state index contributed by atoms with van der Waals surface area (Å²) in [6.07, 6.45) is 5.56. The van der Waals surface area contributed by atoms with Crippen LogP contribution in [0.5, 0.6) is 0 Å². The van der Waals surface area contributed by atoms with Gasteiger partial charge < -0.3 is 9.14 Å². The number of hydrogen-bond acceptors (Lipinski definition) is 4. The summed E-state index contributed by atoms with van der Waals surface area (Å²) in [7, 11) is 1.69. The standard InChI is InChI=1S/C9H10BrN3OS/c1-14-4-5-15-9-8-11-2-3-13(8)6-7(10)12-9/h2-3,6H,4-5H2,1H3. The molecular formula is C9H10BrN3OS. The highest BCUT2D eigenvalue weighted by Crippen LogP contribution is 2.22. The van der Waals surface area contributed by atoms with Crippen molar-refractivity contribution in [1.29, 1.82) is 0 Å². The molecule has 2 aromatic heterocycles. The molecule has 2 aromatic rings. The predicted octanol–water partition coefficient (Wildman–Crippen LogP) is 2.23. The fraction of sp³-hybridized carbons (Fsp3) is 0.333. The maximum atomic E-state index is 5.00. The van der Waals surface area contributed by atoms with Crippen LogP contribution in [-0.2, 0) is 4.74 Å². The molecule has 4 nitrogen and oxygen atoms in total. The van der Waals surface area contributed by atoms with E-state index in [2.05, 4.69) is 25.9 Å². The molecular weight excluding hydrogens is 278 g/mol. The normalized spacial score (nSPS) is 11.1. The number of aromatic nitrogens is 3. The highest BCUT2D eigenvalue weighted by Gasteiger charge is 2.06. The third kappa shape index (κ3) is 2.50. The van der Waals surface area contributed by atoms with Crippen LogP contribution in [0.2, 0.25) is 0 Å². The van der Waals surface area contributed by atoms with Crippen molar-refractivity contribution in [3.05, 3.63) is 23.2 Å². The lowest BCUT2D eigenvalue weighted by molar-refractivity contribution is 0.218. The van der Waals surface area contributed by atoms with Gasteiger partial charge in [-0.05, 0) is 15.9 Å². The van der Waals surface area contributed by atoms with Crippen molar-refractivity contribution in [1.82, 2.24) is 14.4 Å². The summed E-state index contributed by atoms with van der Waals surface area (Å²) in [5.74, 6) is 0.877. The molecule has 0 N–H and O–H groups in total. The van der Waals surface area contributed by atoms with Crippen LogP contribution < -0.4 is 0 Å². The van der Waals surface area contributed by atoms with E-state index in [0.717, 1.165) is 21.0 Å². The highest BCUT2D eigenvalue weighted by molar-refractivity contribution is 9.10. The molecule has 0 fully saturated rings. The molecule has 2 rings (SSSR count). The number of rotatable bonds is 4. The summed E-state index contributed by atoms with van der Waals surface area (Å²) in [5.41, 5.74) is 0.888. The molecule has 0 atom stereocenters. The Morgan fingerprint density at radius 3 is 3.27 bits per heavy atom. The van der Waals surface area contributed by atoms with E-state index >= 15 is 0 Å². The molecule has 15 heavy (non-hydrogen) atoms. The van der Waals surface area contributed by atoms with Gasteiger partial charge in [0.15, 0.2) is 5.65 Å². The van der Waals surface area contributed by atoms with E-state index in [1.807, 2.05) is 16.8 Å². The first kappa shape index (κ1) is 10.9. The largest absolute Gasteiger partial charge is 0.384 e. The lowest BCUT2D eigenvalue weighted by Crippen LogP contribution is -1.95. The Kier molecular flexibility index (Phi) is 3.61. The zero-order valence-corrected chi connectivity index (χ0v) is 10.6. The first-order chi connectivity index (χ1) is 7.31. The number of halogens is 1. The summed E-state index contributed by atoms with van der Waals surface area (Å²) in [6.45, 7) is 0.714. The van der Waals surface area contributed by atoms with Crippen molar-refractivity contribution in [2.24, 2.45) is 0 Å². The number of nitrogens with zero attached hydrogens (tertiary/aromatic N) is 3. The maximum absolute atomic E-state index is 5.00. The van der Waals surface area contributed by atoms with Crippen LogP contribution in [-0.4, -0.2) is 33.8 Å². The molecule has 0 radical (unpaired) electrons. The Labute approximate surface area is 100 Å². The van der Waals surface area contributed by atoms with Crippen LogP contribution in [0.15, 0.2) is 28.2 Å². The number of hydrogen-bond donors (Lipinski definition) is 0. The summed E-state index contributed by atoms with van der Waals surface area (Å²) >= 11 is 5.02. The van der Waals surface area contributed by atoms with E-state index in [9.17, 15) is 0 Å². The molecule has 0 saturated carbocycles. The van der Waals surface area contributed by atoms with Crippen LogP contribution in [0.25, 0.3) is 5.65 Å². The number of thioether (sulfide) groups is 1. The number of ether oxygens (including phenoxy) is 1. The Morgan fingerprint density at radius 2 is 2.47 bits per heavy atom. The minimum atomic E-state index is 0.714. The van der Waals surface area contributed by atoms with Crippen LogP contribution in [0, 0.1) is 0 Å². The van der Waals surface area contributed by atoms with Crippen LogP contribution in [0.3, 0.4) is 0 Å². The SMILES string of the molecule is COCCSc1nc(Br)cn2ccnc12. The third-order valence-corrected chi connectivity index (χ3v) is 3.14. The molecule has 0 aliphatic heterocycles. The molecule has 0 spiro atoms. The lowest BCUT2D eigenvalue weighted by Gasteiger charge is -2.03. The van der Waals surface area contributed by atoms with Crippen LogP contribution in [0.1, 0.15) is 0 Å². The topological polar surface area (TPSA) is 39.4 Å². The number of methoxy groups -OCH3 is 1. The Bertz CT molecular complexity index is 460. The van der Waals surface area contributed by atoms with E-state index in [1.165, 1.54) is 0 Å². The molecule has 0 amide bonds. The second-order valence-corrected chi connectivity index (χ2v) is 4.76. The van der Waals surface area contributed by atoms with Gasteiger partial charge in [0.25, 0.3) is 0 Å². The van der Waals surface area contributed by atoms with E-state index in [0.29, 0.717) is 6.61 Å². The number of fused-ring (bicyclic) bond motifs is 1. The lowest BCUT2D eigenvalue weighted by atomic mass is 10.7. The van der Waals surface area contributed by atoms with E-state index in [-0.39, 0.29) is 0 Å². The van der Waals surface area contributed by atoms with Gasteiger partial charge >= 0.3 is 0 Å². The molecule has 6 heteroatoms. The summed E-state index contributed by atoms with van der Waals surface area (Å²) < 4.78 is 7.76. The van der Waals surface area contributed by atoms with Gasteiger partial charge in [-0.15, -0.1) is 11.8 Å². The fourth-order valence-electron chi connectivity index (χ4n) is 1.19. The van der Waals surface area contributed by atoms with Gasteiger partial charge in [-0.1, -0.05) is 0 Å². The molecule has 80 valence electrons. The van der Waals surface area contributed by atoms with Crippen molar-refractivity contribution in [2.45, 2.75) is 5.03 Å². The average Bonchev–Trinajstić information content (AvgIpc) is 2.65. The predicted molar refractivity (Wildman–Crippen MR) is 63.3 cm³/mol. The van der Waals surface area contributed by atoms with Gasteiger partial charge in [0.2, 0.25) is 0 Å².